The van der Waals surface area contributed by atoms with Crippen molar-refractivity contribution >= 4 is 5.91 Å². The van der Waals surface area contributed by atoms with Crippen molar-refractivity contribution in [3.8, 4) is 5.88 Å². The van der Waals surface area contributed by atoms with Crippen LogP contribution in [0.3, 0.4) is 0 Å². The largest absolute Gasteiger partial charge is 0.472 e. The molecule has 0 bridgehead atoms. The lowest BCUT2D eigenvalue weighted by Crippen LogP contribution is -2.50. The summed E-state index contributed by atoms with van der Waals surface area (Å²) in [7, 11) is 1.91. The van der Waals surface area contributed by atoms with Crippen molar-refractivity contribution in [2.45, 2.75) is 13.0 Å². The summed E-state index contributed by atoms with van der Waals surface area (Å²) in [6.07, 6.45) is 7.82. The number of ether oxygens (including phenoxy) is 1. The third-order valence-electron chi connectivity index (χ3n) is 4.60. The van der Waals surface area contributed by atoms with E-state index in [1.165, 1.54) is 18.0 Å². The van der Waals surface area contributed by atoms with Gasteiger partial charge >= 0.3 is 0 Å². The minimum Gasteiger partial charge on any atom is -0.472 e. The molecule has 0 unspecified atom stereocenters. The highest BCUT2D eigenvalue weighted by atomic mass is 16.5. The Morgan fingerprint density at radius 3 is 2.59 bits per heavy atom. The van der Waals surface area contributed by atoms with Gasteiger partial charge < -0.3 is 9.64 Å². The first-order chi connectivity index (χ1) is 13.2. The van der Waals surface area contributed by atoms with Gasteiger partial charge in [0.05, 0.1) is 18.6 Å². The van der Waals surface area contributed by atoms with E-state index in [0.29, 0.717) is 24.1 Å². The molecule has 2 aromatic heterocycles. The Labute approximate surface area is 157 Å². The van der Waals surface area contributed by atoms with Gasteiger partial charge in [0, 0.05) is 26.3 Å². The summed E-state index contributed by atoms with van der Waals surface area (Å²) >= 11 is 0. The first kappa shape index (κ1) is 17.2. The van der Waals surface area contributed by atoms with E-state index in [2.05, 4.69) is 15.1 Å². The van der Waals surface area contributed by atoms with Gasteiger partial charge in [-0.3, -0.25) is 9.48 Å². The molecule has 0 saturated carbocycles. The van der Waals surface area contributed by atoms with Crippen LogP contribution in [0.1, 0.15) is 21.6 Å². The number of likely N-dealkylation sites (tertiary alicyclic amines) is 1. The van der Waals surface area contributed by atoms with Gasteiger partial charge in [0.25, 0.3) is 5.91 Å². The Morgan fingerprint density at radius 2 is 1.93 bits per heavy atom. The molecule has 1 amide bonds. The van der Waals surface area contributed by atoms with Gasteiger partial charge in [-0.15, -0.1) is 0 Å². The van der Waals surface area contributed by atoms with Gasteiger partial charge in [0.1, 0.15) is 12.3 Å². The van der Waals surface area contributed by atoms with Crippen LogP contribution in [0.4, 0.5) is 0 Å². The Bertz CT molecular complexity index is 902. The first-order valence-corrected chi connectivity index (χ1v) is 8.93. The molecule has 1 saturated heterocycles. The SMILES string of the molecule is Cn1cc(CC2CN(C(=O)c3cnc(OCc4ccccc4)cn3)C2)cn1. The molecule has 7 nitrogen and oxygen atoms in total. The maximum Gasteiger partial charge on any atom is 0.274 e. The van der Waals surface area contributed by atoms with Crippen LogP contribution in [0.25, 0.3) is 0 Å². The zero-order chi connectivity index (χ0) is 18.6. The van der Waals surface area contributed by atoms with E-state index in [1.807, 2.05) is 49.8 Å². The molecule has 7 heteroatoms. The van der Waals surface area contributed by atoms with Crippen LogP contribution in [0.15, 0.2) is 55.1 Å². The van der Waals surface area contributed by atoms with Crippen molar-refractivity contribution in [2.24, 2.45) is 13.0 Å². The van der Waals surface area contributed by atoms with Crippen LogP contribution in [0.2, 0.25) is 0 Å². The summed E-state index contributed by atoms with van der Waals surface area (Å²) in [5, 5.41) is 4.18. The maximum atomic E-state index is 12.5. The number of hydrogen-bond donors (Lipinski definition) is 0. The molecule has 1 aliphatic heterocycles. The van der Waals surface area contributed by atoms with Crippen molar-refractivity contribution in [3.05, 3.63) is 71.9 Å². The molecule has 1 aliphatic rings. The van der Waals surface area contributed by atoms with Gasteiger partial charge in [-0.2, -0.15) is 5.10 Å². The quantitative estimate of drug-likeness (QED) is 0.671. The summed E-state index contributed by atoms with van der Waals surface area (Å²) in [6, 6.07) is 9.84. The third-order valence-corrected chi connectivity index (χ3v) is 4.60. The molecule has 4 rings (SSSR count). The molecule has 27 heavy (non-hydrogen) atoms. The minimum absolute atomic E-state index is 0.0838. The third kappa shape index (κ3) is 4.13. The average Bonchev–Trinajstić information content (AvgIpc) is 3.08. The number of benzene rings is 1. The second-order valence-electron chi connectivity index (χ2n) is 6.82. The van der Waals surface area contributed by atoms with E-state index in [1.54, 1.807) is 9.58 Å². The second kappa shape index (κ2) is 7.57. The standard InChI is InChI=1S/C20H21N5O2/c1-24-11-16(8-23-24)7-17-12-25(13-17)20(26)18-9-22-19(10-21-18)27-14-15-5-3-2-4-6-15/h2-6,8-11,17H,7,12-14H2,1H3. The normalized spacial score (nSPS) is 14.0. The van der Waals surface area contributed by atoms with E-state index in [0.717, 1.165) is 25.1 Å². The highest BCUT2D eigenvalue weighted by Gasteiger charge is 2.32. The van der Waals surface area contributed by atoms with Crippen LogP contribution in [-0.2, 0) is 20.1 Å². The summed E-state index contributed by atoms with van der Waals surface area (Å²) < 4.78 is 7.41. The number of aromatic nitrogens is 4. The molecule has 138 valence electrons. The second-order valence-corrected chi connectivity index (χ2v) is 6.82. The maximum absolute atomic E-state index is 12.5. The molecule has 0 aliphatic carbocycles. The Morgan fingerprint density at radius 1 is 1.11 bits per heavy atom. The number of amides is 1. The molecule has 3 aromatic rings. The van der Waals surface area contributed by atoms with Gasteiger partial charge in [0.2, 0.25) is 5.88 Å². The summed E-state index contributed by atoms with van der Waals surface area (Å²) in [6.45, 7) is 1.90. The number of hydrogen-bond acceptors (Lipinski definition) is 5. The number of carbonyl (C=O) groups is 1. The van der Waals surface area contributed by atoms with Crippen LogP contribution in [0.5, 0.6) is 5.88 Å². The van der Waals surface area contributed by atoms with Crippen LogP contribution in [0, 0.1) is 5.92 Å². The minimum atomic E-state index is -0.0838. The zero-order valence-corrected chi connectivity index (χ0v) is 15.2. The van der Waals surface area contributed by atoms with Crippen molar-refractivity contribution in [1.29, 1.82) is 0 Å². The van der Waals surface area contributed by atoms with Crippen molar-refractivity contribution in [1.82, 2.24) is 24.6 Å². The molecule has 0 spiro atoms. The summed E-state index contributed by atoms with van der Waals surface area (Å²) in [4.78, 5) is 22.7. The van der Waals surface area contributed by atoms with Crippen LogP contribution < -0.4 is 4.74 Å². The Balaban J connectivity index is 1.27. The number of nitrogens with zero attached hydrogens (tertiary/aromatic N) is 5. The van der Waals surface area contributed by atoms with Gasteiger partial charge in [-0.25, -0.2) is 9.97 Å². The average molecular weight is 363 g/mol. The fourth-order valence-corrected chi connectivity index (χ4v) is 3.17. The van der Waals surface area contributed by atoms with Crippen molar-refractivity contribution in [3.63, 3.8) is 0 Å². The molecule has 3 heterocycles. The van der Waals surface area contributed by atoms with Gasteiger partial charge in [0.15, 0.2) is 0 Å². The predicted molar refractivity (Wildman–Crippen MR) is 99.1 cm³/mol. The molecule has 0 radical (unpaired) electrons. The van der Waals surface area contributed by atoms with E-state index in [-0.39, 0.29) is 5.91 Å². The number of aryl methyl sites for hydroxylation is 1. The van der Waals surface area contributed by atoms with E-state index in [4.69, 9.17) is 4.74 Å². The number of rotatable bonds is 6. The molecule has 1 aromatic carbocycles. The summed E-state index contributed by atoms with van der Waals surface area (Å²) in [5.74, 6) is 0.799. The molecular formula is C20H21N5O2. The smallest absolute Gasteiger partial charge is 0.274 e. The molecule has 0 N–H and O–H groups in total. The Kier molecular flexibility index (Phi) is 4.82. The zero-order valence-electron chi connectivity index (χ0n) is 15.2. The highest BCUT2D eigenvalue weighted by Crippen LogP contribution is 2.22. The van der Waals surface area contributed by atoms with E-state index >= 15 is 0 Å². The fourth-order valence-electron chi connectivity index (χ4n) is 3.17. The van der Waals surface area contributed by atoms with Crippen LogP contribution in [-0.4, -0.2) is 43.6 Å². The highest BCUT2D eigenvalue weighted by molar-refractivity contribution is 5.92. The lowest BCUT2D eigenvalue weighted by atomic mass is 9.93. The summed E-state index contributed by atoms with van der Waals surface area (Å²) in [5.41, 5.74) is 2.61. The molecule has 1 fully saturated rings. The fraction of sp³-hybridized carbons (Fsp3) is 0.300. The lowest BCUT2D eigenvalue weighted by Gasteiger charge is -2.39. The topological polar surface area (TPSA) is 73.1 Å². The predicted octanol–water partition coefficient (Wildman–Crippen LogP) is 2.10. The van der Waals surface area contributed by atoms with Crippen molar-refractivity contribution < 1.29 is 9.53 Å². The van der Waals surface area contributed by atoms with Crippen LogP contribution >= 0.6 is 0 Å². The van der Waals surface area contributed by atoms with Crippen molar-refractivity contribution in [2.75, 3.05) is 13.1 Å². The van der Waals surface area contributed by atoms with Gasteiger partial charge in [-0.1, -0.05) is 30.3 Å². The van der Waals surface area contributed by atoms with E-state index < -0.39 is 0 Å². The number of carbonyl (C=O) groups excluding carboxylic acids is 1. The molecular weight excluding hydrogens is 342 g/mol. The molecule has 0 atom stereocenters. The van der Waals surface area contributed by atoms with E-state index in [9.17, 15) is 4.79 Å². The first-order valence-electron chi connectivity index (χ1n) is 8.93. The van der Waals surface area contributed by atoms with Gasteiger partial charge in [-0.05, 0) is 23.5 Å². The monoisotopic (exact) mass is 363 g/mol. The Hall–Kier alpha value is -3.22. The lowest BCUT2D eigenvalue weighted by molar-refractivity contribution is 0.0494.